The van der Waals surface area contributed by atoms with Crippen LogP contribution in [0.4, 0.5) is 5.82 Å². The lowest BCUT2D eigenvalue weighted by molar-refractivity contribution is 0.0691. The summed E-state index contributed by atoms with van der Waals surface area (Å²) >= 11 is 0. The standard InChI is InChI=1S/C21H21N3O2/c1-3-9-24-14(2)11-17-12-18(21(25)26)22-20(19(17)24)23-10-8-15-6-4-5-7-16(15)13-23/h3-7,11-12H,1,8-10,13H2,2H3,(H,25,26). The number of hydrogen-bond donors (Lipinski definition) is 1. The van der Waals surface area contributed by atoms with E-state index in [0.717, 1.165) is 41.9 Å². The minimum absolute atomic E-state index is 0.0853. The summed E-state index contributed by atoms with van der Waals surface area (Å²) in [6.45, 7) is 8.10. The Morgan fingerprint density at radius 1 is 1.31 bits per heavy atom. The maximum atomic E-state index is 11.6. The fraction of sp³-hybridized carbons (Fsp3) is 0.238. The third-order valence-electron chi connectivity index (χ3n) is 5.02. The van der Waals surface area contributed by atoms with Gasteiger partial charge >= 0.3 is 5.97 Å². The van der Waals surface area contributed by atoms with Crippen LogP contribution in [0.1, 0.15) is 27.3 Å². The number of rotatable bonds is 4. The maximum absolute atomic E-state index is 11.6. The molecule has 0 saturated heterocycles. The van der Waals surface area contributed by atoms with Crippen LogP contribution in [0.25, 0.3) is 10.9 Å². The second-order valence-corrected chi connectivity index (χ2v) is 6.70. The number of carboxylic acid groups (broad SMARTS) is 1. The molecule has 132 valence electrons. The second kappa shape index (κ2) is 6.33. The van der Waals surface area contributed by atoms with Crippen LogP contribution in [0.2, 0.25) is 0 Å². The smallest absolute Gasteiger partial charge is 0.354 e. The van der Waals surface area contributed by atoms with E-state index in [9.17, 15) is 9.90 Å². The van der Waals surface area contributed by atoms with Crippen LogP contribution in [0.3, 0.4) is 0 Å². The summed E-state index contributed by atoms with van der Waals surface area (Å²) < 4.78 is 2.15. The quantitative estimate of drug-likeness (QED) is 0.730. The van der Waals surface area contributed by atoms with Crippen LogP contribution in [0, 0.1) is 6.92 Å². The number of nitrogens with zero attached hydrogens (tertiary/aromatic N) is 3. The molecule has 0 unspecified atom stereocenters. The molecule has 5 heteroatoms. The summed E-state index contributed by atoms with van der Waals surface area (Å²) in [5.41, 5.74) is 4.76. The van der Waals surface area contributed by atoms with E-state index in [2.05, 4.69) is 39.2 Å². The van der Waals surface area contributed by atoms with Gasteiger partial charge in [0.15, 0.2) is 11.5 Å². The van der Waals surface area contributed by atoms with E-state index in [4.69, 9.17) is 0 Å². The van der Waals surface area contributed by atoms with Crippen LogP contribution in [-0.2, 0) is 19.5 Å². The van der Waals surface area contributed by atoms with Gasteiger partial charge in [0.1, 0.15) is 0 Å². The van der Waals surface area contributed by atoms with Gasteiger partial charge in [-0.25, -0.2) is 9.78 Å². The molecule has 0 fully saturated rings. The molecule has 4 rings (SSSR count). The fourth-order valence-electron chi connectivity index (χ4n) is 3.78. The van der Waals surface area contributed by atoms with Crippen molar-refractivity contribution >= 4 is 22.7 Å². The molecular weight excluding hydrogens is 326 g/mol. The normalized spacial score (nSPS) is 13.7. The lowest BCUT2D eigenvalue weighted by Gasteiger charge is -2.30. The molecule has 0 spiro atoms. The number of aryl methyl sites for hydroxylation is 1. The zero-order valence-electron chi connectivity index (χ0n) is 14.8. The Morgan fingerprint density at radius 2 is 2.08 bits per heavy atom. The first-order valence-electron chi connectivity index (χ1n) is 8.75. The number of aromatic carboxylic acids is 1. The highest BCUT2D eigenvalue weighted by Crippen LogP contribution is 2.32. The highest BCUT2D eigenvalue weighted by atomic mass is 16.4. The van der Waals surface area contributed by atoms with E-state index >= 15 is 0 Å². The first-order valence-corrected chi connectivity index (χ1v) is 8.75. The van der Waals surface area contributed by atoms with E-state index in [-0.39, 0.29) is 5.69 Å². The van der Waals surface area contributed by atoms with Crippen molar-refractivity contribution in [2.75, 3.05) is 11.4 Å². The number of allylic oxidation sites excluding steroid dienone is 1. The van der Waals surface area contributed by atoms with Gasteiger partial charge in [-0.2, -0.15) is 0 Å². The zero-order valence-corrected chi connectivity index (χ0v) is 14.8. The van der Waals surface area contributed by atoms with Crippen LogP contribution in [0.15, 0.2) is 49.1 Å². The molecule has 3 aromatic rings. The topological polar surface area (TPSA) is 58.4 Å². The molecule has 0 saturated carbocycles. The van der Waals surface area contributed by atoms with Crippen molar-refractivity contribution < 1.29 is 9.90 Å². The van der Waals surface area contributed by atoms with Gasteiger partial charge in [-0.3, -0.25) is 0 Å². The Morgan fingerprint density at radius 3 is 2.81 bits per heavy atom. The van der Waals surface area contributed by atoms with Crippen LogP contribution >= 0.6 is 0 Å². The summed E-state index contributed by atoms with van der Waals surface area (Å²) in [4.78, 5) is 18.3. The molecule has 0 aliphatic carbocycles. The molecule has 5 nitrogen and oxygen atoms in total. The van der Waals surface area contributed by atoms with E-state index in [1.54, 1.807) is 6.07 Å². The van der Waals surface area contributed by atoms with Crippen molar-refractivity contribution in [1.82, 2.24) is 9.55 Å². The molecule has 0 amide bonds. The molecule has 3 heterocycles. The first kappa shape index (κ1) is 16.4. The molecular formula is C21H21N3O2. The molecule has 26 heavy (non-hydrogen) atoms. The highest BCUT2D eigenvalue weighted by Gasteiger charge is 2.23. The van der Waals surface area contributed by atoms with Gasteiger partial charge in [-0.15, -0.1) is 6.58 Å². The third-order valence-corrected chi connectivity index (χ3v) is 5.02. The Balaban J connectivity index is 1.90. The number of carbonyl (C=O) groups is 1. The number of carboxylic acids is 1. The number of hydrogen-bond acceptors (Lipinski definition) is 3. The number of pyridine rings is 1. The van der Waals surface area contributed by atoms with E-state index < -0.39 is 5.97 Å². The van der Waals surface area contributed by atoms with Crippen molar-refractivity contribution in [3.8, 4) is 0 Å². The van der Waals surface area contributed by atoms with Gasteiger partial charge in [-0.05, 0) is 36.6 Å². The monoisotopic (exact) mass is 347 g/mol. The van der Waals surface area contributed by atoms with Gasteiger partial charge in [0.05, 0.1) is 5.52 Å². The summed E-state index contributed by atoms with van der Waals surface area (Å²) in [7, 11) is 0. The molecule has 1 aromatic carbocycles. The van der Waals surface area contributed by atoms with Crippen LogP contribution < -0.4 is 4.90 Å². The van der Waals surface area contributed by atoms with E-state index in [1.165, 1.54) is 11.1 Å². The Hall–Kier alpha value is -3.08. The van der Waals surface area contributed by atoms with Crippen molar-refractivity contribution in [1.29, 1.82) is 0 Å². The van der Waals surface area contributed by atoms with E-state index in [1.807, 2.05) is 25.1 Å². The molecule has 0 radical (unpaired) electrons. The number of benzene rings is 1. The average molecular weight is 347 g/mol. The largest absolute Gasteiger partial charge is 0.477 e. The Labute approximate surface area is 152 Å². The molecule has 0 bridgehead atoms. The predicted molar refractivity (Wildman–Crippen MR) is 103 cm³/mol. The van der Waals surface area contributed by atoms with Gasteiger partial charge < -0.3 is 14.6 Å². The second-order valence-electron chi connectivity index (χ2n) is 6.70. The highest BCUT2D eigenvalue weighted by molar-refractivity contribution is 5.97. The lowest BCUT2D eigenvalue weighted by atomic mass is 10.00. The SMILES string of the molecule is C=CCn1c(C)cc2cc(C(=O)O)nc(N3CCc4ccccc4C3)c21. The number of fused-ring (bicyclic) bond motifs is 2. The zero-order chi connectivity index (χ0) is 18.3. The molecule has 1 aliphatic heterocycles. The lowest BCUT2D eigenvalue weighted by Crippen LogP contribution is -2.31. The minimum atomic E-state index is -1.00. The number of aromatic nitrogens is 2. The van der Waals surface area contributed by atoms with Crippen molar-refractivity contribution in [3.05, 3.63) is 71.6 Å². The molecule has 0 atom stereocenters. The van der Waals surface area contributed by atoms with E-state index in [0.29, 0.717) is 6.54 Å². The van der Waals surface area contributed by atoms with Crippen molar-refractivity contribution in [2.24, 2.45) is 0 Å². The summed E-state index contributed by atoms with van der Waals surface area (Å²) in [6.07, 6.45) is 2.78. The van der Waals surface area contributed by atoms with Crippen LogP contribution in [-0.4, -0.2) is 27.2 Å². The summed E-state index contributed by atoms with van der Waals surface area (Å²) in [5.74, 6) is -0.260. The maximum Gasteiger partial charge on any atom is 0.354 e. The average Bonchev–Trinajstić information content (AvgIpc) is 2.96. The molecule has 1 aliphatic rings. The number of anilines is 1. The molecule has 2 aromatic heterocycles. The minimum Gasteiger partial charge on any atom is -0.477 e. The Kier molecular flexibility index (Phi) is 3.99. The first-order chi connectivity index (χ1) is 12.6. The fourth-order valence-corrected chi connectivity index (χ4v) is 3.78. The Bertz CT molecular complexity index is 1020. The summed E-state index contributed by atoms with van der Waals surface area (Å²) in [5, 5.41) is 10.4. The van der Waals surface area contributed by atoms with Gasteiger partial charge in [0, 0.05) is 30.7 Å². The van der Waals surface area contributed by atoms with Crippen molar-refractivity contribution in [2.45, 2.75) is 26.4 Å². The van der Waals surface area contributed by atoms with Crippen LogP contribution in [0.5, 0.6) is 0 Å². The van der Waals surface area contributed by atoms with Crippen molar-refractivity contribution in [3.63, 3.8) is 0 Å². The van der Waals surface area contributed by atoms with Gasteiger partial charge in [0.2, 0.25) is 0 Å². The van der Waals surface area contributed by atoms with Gasteiger partial charge in [0.25, 0.3) is 0 Å². The third kappa shape index (κ3) is 2.65. The predicted octanol–water partition coefficient (Wildman–Crippen LogP) is 3.79. The van der Waals surface area contributed by atoms with Gasteiger partial charge in [-0.1, -0.05) is 30.3 Å². The summed E-state index contributed by atoms with van der Waals surface area (Å²) in [6, 6.07) is 12.1. The molecule has 1 N–H and O–H groups in total.